The van der Waals surface area contributed by atoms with Gasteiger partial charge in [0, 0.05) is 0 Å². The molecule has 1 aromatic heterocycles. The lowest BCUT2D eigenvalue weighted by molar-refractivity contribution is 0.0664. The lowest BCUT2D eigenvalue weighted by Gasteiger charge is -2.07. The van der Waals surface area contributed by atoms with Crippen LogP contribution >= 0.6 is 0 Å². The summed E-state index contributed by atoms with van der Waals surface area (Å²) in [5, 5.41) is 0. The first-order valence-electron chi connectivity index (χ1n) is 6.78. The van der Waals surface area contributed by atoms with Crippen molar-refractivity contribution >= 4 is 11.0 Å². The summed E-state index contributed by atoms with van der Waals surface area (Å²) in [4.78, 5) is 4.43. The van der Waals surface area contributed by atoms with E-state index in [0.717, 1.165) is 11.0 Å². The number of aromatic nitrogens is 2. The number of benzene rings is 2. The standard InChI is InChI=1S/C17H18N2O/c1-13-8-16-17(9-14(13)2)19(11-18-16)12-20-10-15-6-4-3-5-7-15/h3-9,11H,10,12H2,1-2H3. The molecule has 2 aromatic carbocycles. The normalized spacial score (nSPS) is 11.1. The van der Waals surface area contributed by atoms with Gasteiger partial charge in [0.05, 0.1) is 24.0 Å². The molecule has 0 aliphatic heterocycles. The Bertz CT molecular complexity index is 716. The van der Waals surface area contributed by atoms with E-state index in [1.807, 2.05) is 29.1 Å². The fraction of sp³-hybridized carbons (Fsp3) is 0.235. The SMILES string of the molecule is Cc1cc2ncn(COCc3ccccc3)c2cc1C. The summed E-state index contributed by atoms with van der Waals surface area (Å²) in [5.41, 5.74) is 5.89. The van der Waals surface area contributed by atoms with E-state index in [1.54, 1.807) is 0 Å². The van der Waals surface area contributed by atoms with Gasteiger partial charge in [-0.1, -0.05) is 30.3 Å². The van der Waals surface area contributed by atoms with Gasteiger partial charge >= 0.3 is 0 Å². The maximum Gasteiger partial charge on any atom is 0.124 e. The molecule has 0 aliphatic rings. The van der Waals surface area contributed by atoms with Crippen LogP contribution in [0.5, 0.6) is 0 Å². The predicted molar refractivity (Wildman–Crippen MR) is 80.4 cm³/mol. The van der Waals surface area contributed by atoms with Gasteiger partial charge in [-0.3, -0.25) is 0 Å². The molecule has 0 N–H and O–H groups in total. The first-order valence-corrected chi connectivity index (χ1v) is 6.78. The summed E-state index contributed by atoms with van der Waals surface area (Å²) in [6, 6.07) is 14.5. The Hall–Kier alpha value is -2.13. The number of aryl methyl sites for hydroxylation is 2. The smallest absolute Gasteiger partial charge is 0.124 e. The molecule has 0 bridgehead atoms. The molecule has 0 amide bonds. The van der Waals surface area contributed by atoms with Crippen LogP contribution in [0, 0.1) is 13.8 Å². The molecule has 3 nitrogen and oxygen atoms in total. The minimum Gasteiger partial charge on any atom is -0.356 e. The van der Waals surface area contributed by atoms with Gasteiger partial charge in [0.1, 0.15) is 6.73 Å². The van der Waals surface area contributed by atoms with Crippen LogP contribution < -0.4 is 0 Å². The minimum atomic E-state index is 0.522. The Morgan fingerprint density at radius 3 is 2.60 bits per heavy atom. The Labute approximate surface area is 118 Å². The molecule has 0 atom stereocenters. The second kappa shape index (κ2) is 5.47. The van der Waals surface area contributed by atoms with E-state index < -0.39 is 0 Å². The quantitative estimate of drug-likeness (QED) is 0.717. The molecule has 20 heavy (non-hydrogen) atoms. The molecule has 0 saturated heterocycles. The number of hydrogen-bond acceptors (Lipinski definition) is 2. The van der Waals surface area contributed by atoms with Crippen LogP contribution in [0.2, 0.25) is 0 Å². The van der Waals surface area contributed by atoms with Crippen molar-refractivity contribution in [1.29, 1.82) is 0 Å². The molecule has 3 aromatic rings. The highest BCUT2D eigenvalue weighted by Gasteiger charge is 2.04. The predicted octanol–water partition coefficient (Wildman–Crippen LogP) is 3.83. The Balaban J connectivity index is 1.73. The van der Waals surface area contributed by atoms with Gasteiger partial charge in [-0.05, 0) is 42.7 Å². The maximum atomic E-state index is 5.77. The van der Waals surface area contributed by atoms with Crippen LogP contribution in [0.15, 0.2) is 48.8 Å². The summed E-state index contributed by atoms with van der Waals surface area (Å²) >= 11 is 0. The first kappa shape index (κ1) is 12.9. The lowest BCUT2D eigenvalue weighted by atomic mass is 10.1. The Kier molecular flexibility index (Phi) is 3.52. The second-order valence-corrected chi connectivity index (χ2v) is 5.10. The average molecular weight is 266 g/mol. The van der Waals surface area contributed by atoms with Crippen LogP contribution in [0.1, 0.15) is 16.7 Å². The van der Waals surface area contributed by atoms with E-state index in [2.05, 4.69) is 43.1 Å². The summed E-state index contributed by atoms with van der Waals surface area (Å²) in [5.74, 6) is 0. The zero-order chi connectivity index (χ0) is 13.9. The second-order valence-electron chi connectivity index (χ2n) is 5.10. The molecular formula is C17H18N2O. The molecular weight excluding hydrogens is 248 g/mol. The van der Waals surface area contributed by atoms with Crippen molar-refractivity contribution < 1.29 is 4.74 Å². The number of nitrogens with zero attached hydrogens (tertiary/aromatic N) is 2. The molecule has 0 saturated carbocycles. The van der Waals surface area contributed by atoms with E-state index in [1.165, 1.54) is 16.7 Å². The first-order chi connectivity index (χ1) is 9.74. The van der Waals surface area contributed by atoms with Gasteiger partial charge < -0.3 is 9.30 Å². The van der Waals surface area contributed by atoms with E-state index in [-0.39, 0.29) is 0 Å². The van der Waals surface area contributed by atoms with Crippen molar-refractivity contribution in [1.82, 2.24) is 9.55 Å². The molecule has 0 spiro atoms. The summed E-state index contributed by atoms with van der Waals surface area (Å²) < 4.78 is 7.81. The molecule has 3 heteroatoms. The van der Waals surface area contributed by atoms with E-state index in [0.29, 0.717) is 13.3 Å². The van der Waals surface area contributed by atoms with Crippen LogP contribution in [0.4, 0.5) is 0 Å². The van der Waals surface area contributed by atoms with Crippen LogP contribution in [-0.2, 0) is 18.1 Å². The number of imidazole rings is 1. The number of fused-ring (bicyclic) bond motifs is 1. The van der Waals surface area contributed by atoms with Crippen molar-refractivity contribution in [3.05, 3.63) is 65.5 Å². The average Bonchev–Trinajstić information content (AvgIpc) is 2.83. The van der Waals surface area contributed by atoms with Gasteiger partial charge in [0.25, 0.3) is 0 Å². The Morgan fingerprint density at radius 2 is 1.80 bits per heavy atom. The fourth-order valence-electron chi connectivity index (χ4n) is 2.25. The maximum absolute atomic E-state index is 5.77. The summed E-state index contributed by atoms with van der Waals surface area (Å²) in [7, 11) is 0. The van der Waals surface area contributed by atoms with Crippen molar-refractivity contribution in [3.63, 3.8) is 0 Å². The number of rotatable bonds is 4. The van der Waals surface area contributed by atoms with Crippen molar-refractivity contribution in [2.45, 2.75) is 27.2 Å². The highest BCUT2D eigenvalue weighted by Crippen LogP contribution is 2.18. The molecule has 0 aliphatic carbocycles. The highest BCUT2D eigenvalue weighted by molar-refractivity contribution is 5.77. The third-order valence-electron chi connectivity index (χ3n) is 3.58. The van der Waals surface area contributed by atoms with Crippen LogP contribution in [0.3, 0.4) is 0 Å². The third-order valence-corrected chi connectivity index (χ3v) is 3.58. The van der Waals surface area contributed by atoms with E-state index in [9.17, 15) is 0 Å². The molecule has 1 heterocycles. The number of ether oxygens (including phenoxy) is 1. The zero-order valence-corrected chi connectivity index (χ0v) is 11.8. The lowest BCUT2D eigenvalue weighted by Crippen LogP contribution is -2.01. The van der Waals surface area contributed by atoms with E-state index in [4.69, 9.17) is 4.74 Å². The molecule has 102 valence electrons. The van der Waals surface area contributed by atoms with Crippen LogP contribution in [-0.4, -0.2) is 9.55 Å². The molecule has 3 rings (SSSR count). The molecule has 0 fully saturated rings. The van der Waals surface area contributed by atoms with Gasteiger partial charge in [0.2, 0.25) is 0 Å². The van der Waals surface area contributed by atoms with Gasteiger partial charge in [0.15, 0.2) is 0 Å². The van der Waals surface area contributed by atoms with Crippen molar-refractivity contribution in [2.75, 3.05) is 0 Å². The van der Waals surface area contributed by atoms with Crippen molar-refractivity contribution in [3.8, 4) is 0 Å². The molecule has 0 radical (unpaired) electrons. The van der Waals surface area contributed by atoms with Crippen molar-refractivity contribution in [2.24, 2.45) is 0 Å². The zero-order valence-electron chi connectivity index (χ0n) is 11.8. The monoisotopic (exact) mass is 266 g/mol. The third kappa shape index (κ3) is 2.58. The van der Waals surface area contributed by atoms with Crippen LogP contribution in [0.25, 0.3) is 11.0 Å². The van der Waals surface area contributed by atoms with Gasteiger partial charge in [-0.25, -0.2) is 4.98 Å². The summed E-state index contributed by atoms with van der Waals surface area (Å²) in [6.07, 6.45) is 1.84. The topological polar surface area (TPSA) is 27.1 Å². The van der Waals surface area contributed by atoms with Gasteiger partial charge in [-0.15, -0.1) is 0 Å². The highest BCUT2D eigenvalue weighted by atomic mass is 16.5. The van der Waals surface area contributed by atoms with E-state index >= 15 is 0 Å². The Morgan fingerprint density at radius 1 is 1.05 bits per heavy atom. The summed E-state index contributed by atoms with van der Waals surface area (Å²) in [6.45, 7) is 5.37. The molecule has 0 unspecified atom stereocenters. The number of hydrogen-bond donors (Lipinski definition) is 0. The fourth-order valence-corrected chi connectivity index (χ4v) is 2.25. The van der Waals surface area contributed by atoms with Gasteiger partial charge in [-0.2, -0.15) is 0 Å². The minimum absolute atomic E-state index is 0.522. The largest absolute Gasteiger partial charge is 0.356 e.